The van der Waals surface area contributed by atoms with Crippen LogP contribution in [0, 0.1) is 17.8 Å². The average molecular weight is 361 g/mol. The van der Waals surface area contributed by atoms with Crippen molar-refractivity contribution in [3.8, 4) is 12.3 Å². The zero-order chi connectivity index (χ0) is 19.7. The minimum Gasteiger partial charge on any atom is -0.478 e. The van der Waals surface area contributed by atoms with Crippen LogP contribution in [0.5, 0.6) is 0 Å². The number of aliphatic carboxylic acids is 2. The van der Waals surface area contributed by atoms with E-state index < -0.39 is 11.9 Å². The lowest BCUT2D eigenvalue weighted by atomic mass is 9.71. The monoisotopic (exact) mass is 361 g/mol. The molecular weight excluding hydrogens is 334 g/mol. The van der Waals surface area contributed by atoms with Crippen LogP contribution in [0.3, 0.4) is 0 Å². The van der Waals surface area contributed by atoms with Crippen molar-refractivity contribution in [1.29, 1.82) is 0 Å². The van der Waals surface area contributed by atoms with E-state index in [1.807, 2.05) is 6.21 Å². The van der Waals surface area contributed by atoms with E-state index in [-0.39, 0.29) is 11.5 Å². The molecule has 0 saturated carbocycles. The quantitative estimate of drug-likeness (QED) is 0.560. The summed E-state index contributed by atoms with van der Waals surface area (Å²) in [6.07, 6.45) is 15.6. The summed E-state index contributed by atoms with van der Waals surface area (Å²) in [5.74, 6) is 0.470. The van der Waals surface area contributed by atoms with Crippen LogP contribution in [0.25, 0.3) is 0 Å². The first-order valence-electron chi connectivity index (χ1n) is 8.39. The molecule has 142 valence electrons. The van der Waals surface area contributed by atoms with E-state index in [1.54, 1.807) is 0 Å². The fraction of sp³-hybridized carbons (Fsp3) is 0.526. The maximum Gasteiger partial charge on any atom is 0.328 e. The number of allylic oxidation sites excluding steroid dienone is 1. The largest absolute Gasteiger partial charge is 0.478 e. The van der Waals surface area contributed by atoms with Crippen molar-refractivity contribution in [3.05, 3.63) is 24.3 Å². The molecule has 0 bridgehead atoms. The number of terminal acetylenes is 1. The molecular formula is C19H27N3O4. The van der Waals surface area contributed by atoms with Crippen LogP contribution in [-0.4, -0.2) is 84.5 Å². The molecule has 0 aromatic rings. The fourth-order valence-corrected chi connectivity index (χ4v) is 3.64. The normalized spacial score (nSPS) is 26.3. The van der Waals surface area contributed by atoms with Crippen molar-refractivity contribution in [2.24, 2.45) is 10.4 Å². The summed E-state index contributed by atoms with van der Waals surface area (Å²) in [5.41, 5.74) is -0.0434. The summed E-state index contributed by atoms with van der Waals surface area (Å²) in [4.78, 5) is 28.2. The minimum atomic E-state index is -1.26. The second kappa shape index (κ2) is 9.90. The van der Waals surface area contributed by atoms with Gasteiger partial charge in [0, 0.05) is 24.4 Å². The van der Waals surface area contributed by atoms with E-state index in [2.05, 4.69) is 54.0 Å². The molecule has 26 heavy (non-hydrogen) atoms. The van der Waals surface area contributed by atoms with E-state index >= 15 is 0 Å². The van der Waals surface area contributed by atoms with Gasteiger partial charge in [-0.3, -0.25) is 9.89 Å². The van der Waals surface area contributed by atoms with Crippen molar-refractivity contribution >= 4 is 18.2 Å². The Balaban J connectivity index is 0.000000359. The molecule has 0 spiro atoms. The summed E-state index contributed by atoms with van der Waals surface area (Å²) in [5, 5.41) is 15.6. The Morgan fingerprint density at radius 1 is 1.38 bits per heavy atom. The van der Waals surface area contributed by atoms with Crippen molar-refractivity contribution in [1.82, 2.24) is 9.80 Å². The maximum absolute atomic E-state index is 9.55. The number of rotatable bonds is 5. The highest BCUT2D eigenvalue weighted by molar-refractivity contribution is 5.89. The number of carboxylic acids is 2. The van der Waals surface area contributed by atoms with Gasteiger partial charge in [-0.05, 0) is 46.6 Å². The molecule has 0 radical (unpaired) electrons. The molecule has 2 rings (SSSR count). The lowest BCUT2D eigenvalue weighted by Crippen LogP contribution is -2.55. The molecule has 2 aliphatic rings. The van der Waals surface area contributed by atoms with E-state index in [0.717, 1.165) is 13.1 Å². The minimum absolute atomic E-state index is 0.0434. The number of carbonyl (C=O) groups is 2. The lowest BCUT2D eigenvalue weighted by molar-refractivity contribution is -0.134. The van der Waals surface area contributed by atoms with E-state index in [1.165, 1.54) is 12.8 Å². The zero-order valence-electron chi connectivity index (χ0n) is 15.5. The number of aliphatic imine (C=N–C) groups is 1. The van der Waals surface area contributed by atoms with Crippen molar-refractivity contribution < 1.29 is 19.8 Å². The summed E-state index contributed by atoms with van der Waals surface area (Å²) in [7, 11) is 6.33. The van der Waals surface area contributed by atoms with Crippen LogP contribution >= 0.6 is 0 Å². The van der Waals surface area contributed by atoms with Gasteiger partial charge in [-0.15, -0.1) is 6.42 Å². The van der Waals surface area contributed by atoms with Gasteiger partial charge in [0.2, 0.25) is 0 Å². The molecule has 2 N–H and O–H groups in total. The standard InChI is InChI=1S/C15H23N3.C4H4O4/c1-5-13(17(2)3)15(9-7-10-16-12-15)14-8-6-11-18(14)4;5-3(6)1-2-4(7)8/h1,7,9-10,13-14H,6,8,11-12H2,2-4H3;1-2H,(H,5,6)(H,7,8). The van der Waals surface area contributed by atoms with Crippen LogP contribution in [0.4, 0.5) is 0 Å². The van der Waals surface area contributed by atoms with Crippen LogP contribution < -0.4 is 0 Å². The number of dihydropyridines is 1. The van der Waals surface area contributed by atoms with Crippen molar-refractivity contribution in [2.75, 3.05) is 34.2 Å². The predicted molar refractivity (Wildman–Crippen MR) is 101 cm³/mol. The lowest BCUT2D eigenvalue weighted by Gasteiger charge is -2.45. The molecule has 3 atom stereocenters. The number of likely N-dealkylation sites (tertiary alicyclic amines) is 1. The van der Waals surface area contributed by atoms with Crippen molar-refractivity contribution in [2.45, 2.75) is 24.9 Å². The Hall–Kier alpha value is -2.43. The summed E-state index contributed by atoms with van der Waals surface area (Å²) >= 11 is 0. The smallest absolute Gasteiger partial charge is 0.328 e. The molecule has 7 nitrogen and oxygen atoms in total. The molecule has 3 unspecified atom stereocenters. The molecule has 7 heteroatoms. The second-order valence-corrected chi connectivity index (χ2v) is 6.64. The van der Waals surface area contributed by atoms with E-state index in [9.17, 15) is 9.59 Å². The zero-order valence-corrected chi connectivity index (χ0v) is 15.5. The SMILES string of the molecule is C#CC(N(C)C)C1(C2CCCN2C)C=CC=NC1.O=C(O)C=CC(=O)O. The Morgan fingerprint density at radius 2 is 2.00 bits per heavy atom. The molecule has 0 amide bonds. The van der Waals surface area contributed by atoms with Crippen molar-refractivity contribution in [3.63, 3.8) is 0 Å². The van der Waals surface area contributed by atoms with Gasteiger partial charge in [-0.2, -0.15) is 0 Å². The van der Waals surface area contributed by atoms with Crippen LogP contribution in [-0.2, 0) is 9.59 Å². The first-order chi connectivity index (χ1) is 12.2. The number of hydrogen-bond acceptors (Lipinski definition) is 5. The maximum atomic E-state index is 9.55. The van der Waals surface area contributed by atoms with E-state index in [4.69, 9.17) is 16.6 Å². The Morgan fingerprint density at radius 3 is 2.35 bits per heavy atom. The second-order valence-electron chi connectivity index (χ2n) is 6.64. The molecule has 0 aromatic heterocycles. The van der Waals surface area contributed by atoms with Crippen LogP contribution in [0.1, 0.15) is 12.8 Å². The van der Waals surface area contributed by atoms with Crippen LogP contribution in [0.2, 0.25) is 0 Å². The molecule has 0 aromatic carbocycles. The van der Waals surface area contributed by atoms with Gasteiger partial charge in [-0.1, -0.05) is 12.0 Å². The fourth-order valence-electron chi connectivity index (χ4n) is 3.64. The Labute approximate surface area is 154 Å². The number of carboxylic acid groups (broad SMARTS) is 2. The molecule has 1 saturated heterocycles. The van der Waals surface area contributed by atoms with Gasteiger partial charge < -0.3 is 15.1 Å². The molecule has 1 fully saturated rings. The van der Waals surface area contributed by atoms with Gasteiger partial charge in [0.1, 0.15) is 0 Å². The third-order valence-corrected chi connectivity index (χ3v) is 4.66. The van der Waals surface area contributed by atoms with Gasteiger partial charge in [0.05, 0.1) is 18.0 Å². The predicted octanol–water partition coefficient (Wildman–Crippen LogP) is 0.983. The molecule has 2 heterocycles. The van der Waals surface area contributed by atoms with E-state index in [0.29, 0.717) is 18.2 Å². The Bertz CT molecular complexity index is 617. The first kappa shape index (κ1) is 21.6. The summed E-state index contributed by atoms with van der Waals surface area (Å²) in [6.45, 7) is 1.96. The topological polar surface area (TPSA) is 93.4 Å². The Kier molecular flexibility index (Phi) is 8.23. The molecule has 2 aliphatic heterocycles. The summed E-state index contributed by atoms with van der Waals surface area (Å²) < 4.78 is 0. The number of nitrogens with zero attached hydrogens (tertiary/aromatic N) is 3. The van der Waals surface area contributed by atoms with Gasteiger partial charge in [-0.25, -0.2) is 9.59 Å². The highest BCUT2D eigenvalue weighted by Gasteiger charge is 2.47. The highest BCUT2D eigenvalue weighted by atomic mass is 16.4. The third-order valence-electron chi connectivity index (χ3n) is 4.66. The average Bonchev–Trinajstić information content (AvgIpc) is 3.01. The highest BCUT2D eigenvalue weighted by Crippen LogP contribution is 2.40. The van der Waals surface area contributed by atoms with Crippen LogP contribution in [0.15, 0.2) is 29.3 Å². The third kappa shape index (κ3) is 5.55. The van der Waals surface area contributed by atoms with Gasteiger partial charge in [0.25, 0.3) is 0 Å². The summed E-state index contributed by atoms with van der Waals surface area (Å²) in [6, 6.07) is 0.589. The number of hydrogen-bond donors (Lipinski definition) is 2. The first-order valence-corrected chi connectivity index (χ1v) is 8.39. The van der Waals surface area contributed by atoms with Gasteiger partial charge in [0.15, 0.2) is 0 Å². The molecule has 0 aliphatic carbocycles. The van der Waals surface area contributed by atoms with Gasteiger partial charge >= 0.3 is 11.9 Å².